The molecule has 0 fully saturated rings. The molecule has 0 aliphatic rings. The first-order valence-electron chi connectivity index (χ1n) is 7.40. The van der Waals surface area contributed by atoms with E-state index in [4.69, 9.17) is 11.6 Å². The standard InChI is InChI=1S/C18H15ClN2OS2/c19-14-6-8-15(9-7-14)23-11-10-17(22)21-18-20-16(12-24-18)13-4-2-1-3-5-13/h1-9,12H,10-11H2,(H,20,21,22). The number of hydrogen-bond donors (Lipinski definition) is 1. The minimum absolute atomic E-state index is 0.0228. The van der Waals surface area contributed by atoms with E-state index in [1.54, 1.807) is 11.8 Å². The van der Waals surface area contributed by atoms with Gasteiger partial charge in [-0.1, -0.05) is 41.9 Å². The van der Waals surface area contributed by atoms with Crippen LogP contribution >= 0.6 is 34.7 Å². The summed E-state index contributed by atoms with van der Waals surface area (Å²) in [7, 11) is 0. The lowest BCUT2D eigenvalue weighted by Crippen LogP contribution is -2.11. The fourth-order valence-corrected chi connectivity index (χ4v) is 3.76. The maximum absolute atomic E-state index is 12.0. The first kappa shape index (κ1) is 17.0. The Morgan fingerprint density at radius 2 is 1.88 bits per heavy atom. The molecule has 24 heavy (non-hydrogen) atoms. The van der Waals surface area contributed by atoms with Gasteiger partial charge in [0.05, 0.1) is 5.69 Å². The summed E-state index contributed by atoms with van der Waals surface area (Å²) in [5, 5.41) is 6.17. The van der Waals surface area contributed by atoms with E-state index < -0.39 is 0 Å². The Labute approximate surface area is 154 Å². The highest BCUT2D eigenvalue weighted by atomic mass is 35.5. The quantitative estimate of drug-likeness (QED) is 0.572. The van der Waals surface area contributed by atoms with Gasteiger partial charge in [-0.15, -0.1) is 23.1 Å². The number of nitrogens with one attached hydrogen (secondary N) is 1. The third kappa shape index (κ3) is 4.84. The minimum atomic E-state index is -0.0228. The zero-order valence-corrected chi connectivity index (χ0v) is 15.1. The highest BCUT2D eigenvalue weighted by Crippen LogP contribution is 2.25. The summed E-state index contributed by atoms with van der Waals surface area (Å²) < 4.78 is 0. The van der Waals surface area contributed by atoms with Crippen molar-refractivity contribution in [3.05, 3.63) is 65.0 Å². The number of amides is 1. The molecule has 3 nitrogen and oxygen atoms in total. The Hall–Kier alpha value is -1.82. The molecule has 0 spiro atoms. The van der Waals surface area contributed by atoms with Gasteiger partial charge >= 0.3 is 0 Å². The number of aromatic nitrogens is 1. The molecule has 6 heteroatoms. The number of halogens is 1. The summed E-state index contributed by atoms with van der Waals surface area (Å²) >= 11 is 8.93. The lowest BCUT2D eigenvalue weighted by molar-refractivity contribution is -0.115. The molecule has 0 radical (unpaired) electrons. The maximum Gasteiger partial charge on any atom is 0.226 e. The van der Waals surface area contributed by atoms with Gasteiger partial charge < -0.3 is 5.32 Å². The van der Waals surface area contributed by atoms with Crippen LogP contribution in [0.2, 0.25) is 5.02 Å². The van der Waals surface area contributed by atoms with Crippen LogP contribution in [-0.4, -0.2) is 16.6 Å². The van der Waals surface area contributed by atoms with Gasteiger partial charge in [-0.3, -0.25) is 4.79 Å². The van der Waals surface area contributed by atoms with Gasteiger partial charge in [0.15, 0.2) is 5.13 Å². The van der Waals surface area contributed by atoms with Crippen molar-refractivity contribution in [2.24, 2.45) is 0 Å². The van der Waals surface area contributed by atoms with Crippen molar-refractivity contribution in [3.63, 3.8) is 0 Å². The summed E-state index contributed by atoms with van der Waals surface area (Å²) in [4.78, 5) is 17.6. The molecule has 0 aliphatic carbocycles. The fraction of sp³-hybridized carbons (Fsp3) is 0.111. The third-order valence-corrected chi connectivity index (χ3v) is 5.26. The van der Waals surface area contributed by atoms with Crippen molar-refractivity contribution < 1.29 is 4.79 Å². The Kier molecular flexibility index (Phi) is 5.91. The summed E-state index contributed by atoms with van der Waals surface area (Å²) in [5.41, 5.74) is 1.93. The topological polar surface area (TPSA) is 42.0 Å². The predicted octanol–water partition coefficient (Wildman–Crippen LogP) is 5.58. The van der Waals surface area contributed by atoms with Crippen LogP contribution in [0.4, 0.5) is 5.13 Å². The lowest BCUT2D eigenvalue weighted by Gasteiger charge is -2.02. The van der Waals surface area contributed by atoms with Crippen LogP contribution in [0.1, 0.15) is 6.42 Å². The highest BCUT2D eigenvalue weighted by molar-refractivity contribution is 7.99. The van der Waals surface area contributed by atoms with Crippen LogP contribution in [0.5, 0.6) is 0 Å². The molecule has 122 valence electrons. The minimum Gasteiger partial charge on any atom is -0.302 e. The van der Waals surface area contributed by atoms with E-state index in [-0.39, 0.29) is 5.91 Å². The number of rotatable bonds is 6. The smallest absolute Gasteiger partial charge is 0.226 e. The van der Waals surface area contributed by atoms with Crippen molar-refractivity contribution in [3.8, 4) is 11.3 Å². The van der Waals surface area contributed by atoms with Crippen molar-refractivity contribution >= 4 is 45.7 Å². The van der Waals surface area contributed by atoms with Crippen molar-refractivity contribution in [2.45, 2.75) is 11.3 Å². The zero-order valence-electron chi connectivity index (χ0n) is 12.7. The average molecular weight is 375 g/mol. The van der Waals surface area contributed by atoms with Gasteiger partial charge in [0.1, 0.15) is 0 Å². The van der Waals surface area contributed by atoms with Gasteiger partial charge in [0.2, 0.25) is 5.91 Å². The second-order valence-electron chi connectivity index (χ2n) is 5.00. The number of thioether (sulfide) groups is 1. The fourth-order valence-electron chi connectivity index (χ4n) is 2.05. The van der Waals surface area contributed by atoms with Gasteiger partial charge in [-0.2, -0.15) is 0 Å². The molecule has 3 aromatic rings. The van der Waals surface area contributed by atoms with Gasteiger partial charge in [-0.05, 0) is 24.3 Å². The number of anilines is 1. The van der Waals surface area contributed by atoms with Gasteiger partial charge in [-0.25, -0.2) is 4.98 Å². The molecule has 0 unspecified atom stereocenters. The summed E-state index contributed by atoms with van der Waals surface area (Å²) in [5.74, 6) is 0.690. The molecule has 1 heterocycles. The van der Waals surface area contributed by atoms with Crippen LogP contribution in [0.15, 0.2) is 64.9 Å². The van der Waals surface area contributed by atoms with E-state index in [1.807, 2.05) is 60.0 Å². The van der Waals surface area contributed by atoms with Crippen LogP contribution in [0.3, 0.4) is 0 Å². The lowest BCUT2D eigenvalue weighted by atomic mass is 10.2. The molecule has 1 N–H and O–H groups in total. The van der Waals surface area contributed by atoms with Gasteiger partial charge in [0, 0.05) is 33.0 Å². The van der Waals surface area contributed by atoms with Crippen LogP contribution in [0, 0.1) is 0 Å². The van der Waals surface area contributed by atoms with Crippen molar-refractivity contribution in [1.82, 2.24) is 4.98 Å². The van der Waals surface area contributed by atoms with Crippen molar-refractivity contribution in [2.75, 3.05) is 11.1 Å². The number of thiazole rings is 1. The first-order valence-corrected chi connectivity index (χ1v) is 9.64. The first-order chi connectivity index (χ1) is 11.7. The van der Waals surface area contributed by atoms with Crippen molar-refractivity contribution in [1.29, 1.82) is 0 Å². The largest absolute Gasteiger partial charge is 0.302 e. The van der Waals surface area contributed by atoms with E-state index in [9.17, 15) is 4.79 Å². The molecule has 3 rings (SSSR count). The molecule has 0 aliphatic heterocycles. The molecule has 0 saturated carbocycles. The highest BCUT2D eigenvalue weighted by Gasteiger charge is 2.08. The van der Waals surface area contributed by atoms with Crippen LogP contribution < -0.4 is 5.32 Å². The van der Waals surface area contributed by atoms with Crippen LogP contribution in [-0.2, 0) is 4.79 Å². The van der Waals surface area contributed by atoms with E-state index in [0.29, 0.717) is 17.3 Å². The molecule has 0 saturated heterocycles. The average Bonchev–Trinajstić information content (AvgIpc) is 3.06. The number of hydrogen-bond acceptors (Lipinski definition) is 4. The summed E-state index contributed by atoms with van der Waals surface area (Å²) in [6.45, 7) is 0. The van der Waals surface area contributed by atoms with E-state index in [1.165, 1.54) is 11.3 Å². The second kappa shape index (κ2) is 8.33. The Bertz CT molecular complexity index is 803. The van der Waals surface area contributed by atoms with E-state index in [0.717, 1.165) is 21.2 Å². The maximum atomic E-state index is 12.0. The Balaban J connectivity index is 1.48. The van der Waals surface area contributed by atoms with E-state index >= 15 is 0 Å². The second-order valence-corrected chi connectivity index (χ2v) is 7.47. The predicted molar refractivity (Wildman–Crippen MR) is 103 cm³/mol. The molecule has 1 aromatic heterocycles. The monoisotopic (exact) mass is 374 g/mol. The van der Waals surface area contributed by atoms with Crippen LogP contribution in [0.25, 0.3) is 11.3 Å². The normalized spacial score (nSPS) is 10.5. The molecule has 1 amide bonds. The number of carbonyl (C=O) groups excluding carboxylic acids is 1. The SMILES string of the molecule is O=C(CCSc1ccc(Cl)cc1)Nc1nc(-c2ccccc2)cs1. The number of carbonyl (C=O) groups is 1. The van der Waals surface area contributed by atoms with E-state index in [2.05, 4.69) is 10.3 Å². The molecular formula is C18H15ClN2OS2. The molecule has 2 aromatic carbocycles. The summed E-state index contributed by atoms with van der Waals surface area (Å²) in [6.07, 6.45) is 0.438. The Morgan fingerprint density at radius 3 is 2.62 bits per heavy atom. The van der Waals surface area contributed by atoms with Gasteiger partial charge in [0.25, 0.3) is 0 Å². The third-order valence-electron chi connectivity index (χ3n) is 3.23. The Morgan fingerprint density at radius 1 is 1.12 bits per heavy atom. The number of benzene rings is 2. The zero-order chi connectivity index (χ0) is 16.8. The molecule has 0 atom stereocenters. The number of nitrogens with zero attached hydrogens (tertiary/aromatic N) is 1. The summed E-state index contributed by atoms with van der Waals surface area (Å²) in [6, 6.07) is 17.5. The molecular weight excluding hydrogens is 360 g/mol. The molecule has 0 bridgehead atoms.